The van der Waals surface area contributed by atoms with Crippen LogP contribution in [-0.4, -0.2) is 24.6 Å². The van der Waals surface area contributed by atoms with Gasteiger partial charge in [-0.2, -0.15) is 0 Å². The summed E-state index contributed by atoms with van der Waals surface area (Å²) in [6.45, 7) is 8.13. The predicted molar refractivity (Wildman–Crippen MR) is 84.2 cm³/mol. The Morgan fingerprint density at radius 1 is 1.30 bits per heavy atom. The fraction of sp³-hybridized carbons (Fsp3) is 0.562. The van der Waals surface area contributed by atoms with Crippen LogP contribution >= 0.6 is 11.6 Å². The summed E-state index contributed by atoms with van der Waals surface area (Å²) in [5.41, 5.74) is 0.930. The number of aryl methyl sites for hydroxylation is 1. The number of halogens is 1. The number of nitrogens with zero attached hydrogens (tertiary/aromatic N) is 1. The van der Waals surface area contributed by atoms with Crippen molar-refractivity contribution in [3.05, 3.63) is 29.8 Å². The number of likely N-dealkylation sites (N-methyl/N-ethyl adjacent to an activating group) is 1. The lowest BCUT2D eigenvalue weighted by molar-refractivity contribution is -0.127. The number of anilines is 1. The van der Waals surface area contributed by atoms with E-state index in [0.717, 1.165) is 17.7 Å². The lowest BCUT2D eigenvalue weighted by Gasteiger charge is -2.24. The summed E-state index contributed by atoms with van der Waals surface area (Å²) >= 11 is 6.09. The highest BCUT2D eigenvalue weighted by Gasteiger charge is 2.24. The van der Waals surface area contributed by atoms with E-state index >= 15 is 0 Å². The van der Waals surface area contributed by atoms with E-state index in [1.165, 1.54) is 0 Å². The van der Waals surface area contributed by atoms with Crippen LogP contribution in [0.15, 0.2) is 24.3 Å². The molecule has 1 rings (SSSR count). The molecule has 0 fully saturated rings. The number of hydrogen-bond acceptors (Lipinski definition) is 2. The predicted octanol–water partition coefficient (Wildman–Crippen LogP) is 3.97. The minimum atomic E-state index is -0.951. The van der Waals surface area contributed by atoms with Crippen molar-refractivity contribution in [2.24, 2.45) is 5.92 Å². The average Bonchev–Trinajstić information content (AvgIpc) is 2.36. The van der Waals surface area contributed by atoms with Gasteiger partial charge < -0.3 is 9.64 Å². The summed E-state index contributed by atoms with van der Waals surface area (Å²) < 4.78 is 5.58. The van der Waals surface area contributed by atoms with Crippen molar-refractivity contribution in [3.8, 4) is 0 Å². The summed E-state index contributed by atoms with van der Waals surface area (Å²) in [6, 6.07) is 7.70. The van der Waals surface area contributed by atoms with Crippen LogP contribution in [0.1, 0.15) is 32.8 Å². The van der Waals surface area contributed by atoms with Gasteiger partial charge in [-0.3, -0.25) is 4.79 Å². The Kier molecular flexibility index (Phi) is 6.50. The van der Waals surface area contributed by atoms with Crippen molar-refractivity contribution in [1.29, 1.82) is 0 Å². The first-order valence-corrected chi connectivity index (χ1v) is 7.39. The van der Waals surface area contributed by atoms with Gasteiger partial charge >= 0.3 is 0 Å². The molecule has 0 radical (unpaired) electrons. The van der Waals surface area contributed by atoms with Gasteiger partial charge in [0.2, 0.25) is 5.56 Å². The molecule has 0 heterocycles. The summed E-state index contributed by atoms with van der Waals surface area (Å²) in [7, 11) is 1.72. The number of benzene rings is 1. The van der Waals surface area contributed by atoms with Crippen LogP contribution in [0, 0.1) is 12.8 Å². The fourth-order valence-corrected chi connectivity index (χ4v) is 2.51. The average molecular weight is 298 g/mol. The van der Waals surface area contributed by atoms with Crippen LogP contribution in [-0.2, 0) is 9.53 Å². The summed E-state index contributed by atoms with van der Waals surface area (Å²) in [5, 5.41) is 0. The highest BCUT2D eigenvalue weighted by Crippen LogP contribution is 2.21. The number of amides is 1. The van der Waals surface area contributed by atoms with Crippen LogP contribution in [0.5, 0.6) is 0 Å². The summed E-state index contributed by atoms with van der Waals surface area (Å²) in [6.07, 6.45) is 0.844. The molecule has 0 N–H and O–H groups in total. The minimum Gasteiger partial charge on any atom is -0.350 e. The number of ether oxygens (including phenoxy) is 1. The fourth-order valence-electron chi connectivity index (χ4n) is 2.19. The molecular formula is C16H24ClNO2. The molecule has 4 heteroatoms. The van der Waals surface area contributed by atoms with Gasteiger partial charge in [-0.15, -0.1) is 0 Å². The standard InChI is InChI=1S/C16H24ClNO2/c1-11(2)10-13(4)20-15(17)16(19)18(5)14-9-7-6-8-12(14)3/h6-9,11,13,15H,10H2,1-5H3. The molecule has 20 heavy (non-hydrogen) atoms. The van der Waals surface area contributed by atoms with Crippen molar-refractivity contribution in [1.82, 2.24) is 0 Å². The van der Waals surface area contributed by atoms with Gasteiger partial charge in [0, 0.05) is 12.7 Å². The van der Waals surface area contributed by atoms with Crippen molar-refractivity contribution in [2.45, 2.75) is 45.8 Å². The molecule has 2 unspecified atom stereocenters. The first-order valence-electron chi connectivity index (χ1n) is 6.95. The molecule has 0 saturated heterocycles. The van der Waals surface area contributed by atoms with E-state index in [1.54, 1.807) is 11.9 Å². The zero-order valence-corrected chi connectivity index (χ0v) is 13.6. The summed E-state index contributed by atoms with van der Waals surface area (Å²) in [4.78, 5) is 13.8. The molecule has 1 aromatic carbocycles. The largest absolute Gasteiger partial charge is 0.350 e. The number of alkyl halides is 1. The van der Waals surface area contributed by atoms with Crippen molar-refractivity contribution in [2.75, 3.05) is 11.9 Å². The van der Waals surface area contributed by atoms with E-state index in [2.05, 4.69) is 13.8 Å². The first kappa shape index (κ1) is 17.0. The molecule has 0 aliphatic heterocycles. The van der Waals surface area contributed by atoms with Crippen molar-refractivity contribution in [3.63, 3.8) is 0 Å². The second-order valence-electron chi connectivity index (χ2n) is 5.58. The number of carbonyl (C=O) groups excluding carboxylic acids is 1. The highest BCUT2D eigenvalue weighted by atomic mass is 35.5. The molecule has 112 valence electrons. The summed E-state index contributed by atoms with van der Waals surface area (Å²) in [5.74, 6) is 0.273. The molecule has 0 aromatic heterocycles. The third-order valence-electron chi connectivity index (χ3n) is 3.16. The molecule has 0 aliphatic rings. The molecule has 0 spiro atoms. The van der Waals surface area contributed by atoms with E-state index < -0.39 is 5.56 Å². The topological polar surface area (TPSA) is 29.5 Å². The zero-order chi connectivity index (χ0) is 15.3. The molecule has 0 aliphatic carbocycles. The van der Waals surface area contributed by atoms with Gasteiger partial charge in [-0.25, -0.2) is 0 Å². The maximum absolute atomic E-state index is 12.3. The van der Waals surface area contributed by atoms with Crippen molar-refractivity contribution < 1.29 is 9.53 Å². The van der Waals surface area contributed by atoms with Crippen molar-refractivity contribution >= 4 is 23.2 Å². The van der Waals surface area contributed by atoms with Gasteiger partial charge in [0.15, 0.2) is 0 Å². The van der Waals surface area contributed by atoms with Gasteiger partial charge in [-0.05, 0) is 37.8 Å². The molecule has 0 bridgehead atoms. The molecule has 1 amide bonds. The van der Waals surface area contributed by atoms with Crippen LogP contribution in [0.4, 0.5) is 5.69 Å². The number of carbonyl (C=O) groups is 1. The maximum atomic E-state index is 12.3. The lowest BCUT2D eigenvalue weighted by Crippen LogP contribution is -2.37. The highest BCUT2D eigenvalue weighted by molar-refractivity contribution is 6.31. The van der Waals surface area contributed by atoms with E-state index in [-0.39, 0.29) is 12.0 Å². The van der Waals surface area contributed by atoms with Gasteiger partial charge in [-0.1, -0.05) is 43.6 Å². The second kappa shape index (κ2) is 7.65. The molecule has 3 nitrogen and oxygen atoms in total. The van der Waals surface area contributed by atoms with E-state index in [0.29, 0.717) is 5.92 Å². The Hall–Kier alpha value is -1.06. The SMILES string of the molecule is Cc1ccccc1N(C)C(=O)C(Cl)OC(C)CC(C)C. The Morgan fingerprint density at radius 3 is 2.45 bits per heavy atom. The third kappa shape index (κ3) is 4.80. The number of para-hydroxylation sites is 1. The van der Waals surface area contributed by atoms with Gasteiger partial charge in [0.05, 0.1) is 6.10 Å². The third-order valence-corrected chi connectivity index (χ3v) is 3.45. The van der Waals surface area contributed by atoms with Gasteiger partial charge in [0.25, 0.3) is 5.91 Å². The first-order chi connectivity index (χ1) is 9.32. The van der Waals surface area contributed by atoms with Crippen LogP contribution < -0.4 is 4.90 Å². The van der Waals surface area contributed by atoms with Gasteiger partial charge in [0.1, 0.15) is 0 Å². The Bertz CT molecular complexity index is 448. The number of hydrogen-bond donors (Lipinski definition) is 0. The zero-order valence-electron chi connectivity index (χ0n) is 12.9. The minimum absolute atomic E-state index is 0.0354. The normalized spacial score (nSPS) is 14.2. The molecular weight excluding hydrogens is 274 g/mol. The monoisotopic (exact) mass is 297 g/mol. The quantitative estimate of drug-likeness (QED) is 0.744. The lowest BCUT2D eigenvalue weighted by atomic mass is 10.1. The Morgan fingerprint density at radius 2 is 1.90 bits per heavy atom. The number of rotatable bonds is 6. The van der Waals surface area contributed by atoms with E-state index in [4.69, 9.17) is 16.3 Å². The molecule has 0 saturated carbocycles. The van der Waals surface area contributed by atoms with E-state index in [1.807, 2.05) is 38.1 Å². The van der Waals surface area contributed by atoms with E-state index in [9.17, 15) is 4.79 Å². The Balaban J connectivity index is 2.67. The van der Waals surface area contributed by atoms with Crippen LogP contribution in [0.25, 0.3) is 0 Å². The molecule has 2 atom stereocenters. The second-order valence-corrected chi connectivity index (χ2v) is 5.97. The Labute approximate surface area is 126 Å². The maximum Gasteiger partial charge on any atom is 0.271 e. The molecule has 1 aromatic rings. The van der Waals surface area contributed by atoms with Crippen LogP contribution in [0.3, 0.4) is 0 Å². The smallest absolute Gasteiger partial charge is 0.271 e. The van der Waals surface area contributed by atoms with Crippen LogP contribution in [0.2, 0.25) is 0 Å².